The van der Waals surface area contributed by atoms with E-state index in [9.17, 15) is 58.6 Å². The molecule has 0 radical (unpaired) electrons. The second kappa shape index (κ2) is 11.5. The lowest BCUT2D eigenvalue weighted by Gasteiger charge is -2.39. The Bertz CT molecular complexity index is 1600. The maximum absolute atomic E-state index is 13.8. The second-order valence-corrected chi connectivity index (χ2v) is 12.6. The van der Waals surface area contributed by atoms with Gasteiger partial charge in [0.25, 0.3) is 21.5 Å². The maximum atomic E-state index is 13.8. The van der Waals surface area contributed by atoms with E-state index in [1.807, 2.05) is 0 Å². The number of nitrogens with one attached hydrogen (secondary N) is 2. The minimum atomic E-state index is -6.18. The molecule has 4 amide bonds. The summed E-state index contributed by atoms with van der Waals surface area (Å²) in [5.41, 5.74) is -9.01. The lowest BCUT2D eigenvalue weighted by Crippen LogP contribution is -2.54. The molecule has 2 heterocycles. The number of amides is 4. The summed E-state index contributed by atoms with van der Waals surface area (Å²) in [4.78, 5) is 38.1. The first-order valence-electron chi connectivity index (χ1n) is 13.4. The predicted molar refractivity (Wildman–Crippen MR) is 143 cm³/mol. The number of nitrogens with zero attached hydrogens (tertiary/aromatic N) is 2. The molecule has 0 bridgehead atoms. The van der Waals surface area contributed by atoms with Gasteiger partial charge in [0.05, 0.1) is 16.6 Å². The molecule has 10 nitrogen and oxygen atoms in total. The molecule has 2 aromatic carbocycles. The topological polar surface area (TPSA) is 136 Å². The number of rotatable bonds is 8. The lowest BCUT2D eigenvalue weighted by atomic mass is 9.87. The number of fused-ring (bicyclic) bond motifs is 1. The number of aryl methyl sites for hydroxylation is 1. The van der Waals surface area contributed by atoms with Gasteiger partial charge in [0.1, 0.15) is 11.4 Å². The third kappa shape index (κ3) is 5.92. The number of urea groups is 1. The van der Waals surface area contributed by atoms with Crippen molar-refractivity contribution in [3.05, 3.63) is 59.4 Å². The van der Waals surface area contributed by atoms with Crippen molar-refractivity contribution >= 4 is 33.6 Å². The van der Waals surface area contributed by atoms with Gasteiger partial charge in [-0.2, -0.15) is 26.3 Å². The Morgan fingerprint density at radius 3 is 2.20 bits per heavy atom. The van der Waals surface area contributed by atoms with Gasteiger partial charge < -0.3 is 15.7 Å². The summed E-state index contributed by atoms with van der Waals surface area (Å²) in [6, 6.07) is 2.89. The number of hydrogen-bond donors (Lipinski definition) is 3. The first-order valence-corrected chi connectivity index (χ1v) is 14.8. The van der Waals surface area contributed by atoms with Gasteiger partial charge in [-0.1, -0.05) is 12.1 Å². The Morgan fingerprint density at radius 2 is 1.67 bits per heavy atom. The van der Waals surface area contributed by atoms with E-state index in [-0.39, 0.29) is 37.2 Å². The molecule has 2 atom stereocenters. The molecule has 3 N–H and O–H groups in total. The summed E-state index contributed by atoms with van der Waals surface area (Å²) in [7, 11) is -4.70. The fourth-order valence-corrected chi connectivity index (χ4v) is 7.01. The molecular weight excluding hydrogens is 641 g/mol. The highest BCUT2D eigenvalue weighted by atomic mass is 32.2. The predicted octanol–water partition coefficient (Wildman–Crippen LogP) is 3.48. The minimum Gasteiger partial charge on any atom is -0.369 e. The van der Waals surface area contributed by atoms with Crippen LogP contribution in [0.25, 0.3) is 0 Å². The summed E-state index contributed by atoms with van der Waals surface area (Å²) in [6.45, 7) is 2.62. The van der Waals surface area contributed by atoms with Crippen LogP contribution in [0.15, 0.2) is 47.4 Å². The monoisotopic (exact) mass is 668 g/mol. The molecule has 18 heteroatoms. The summed E-state index contributed by atoms with van der Waals surface area (Å²) in [6.07, 6.45) is -13.5. The summed E-state index contributed by atoms with van der Waals surface area (Å²) in [5.74, 6) is -2.20. The van der Waals surface area contributed by atoms with Crippen LogP contribution in [0.5, 0.6) is 0 Å². The van der Waals surface area contributed by atoms with Gasteiger partial charge in [-0.05, 0) is 62.6 Å². The molecule has 2 aliphatic rings. The zero-order valence-corrected chi connectivity index (χ0v) is 24.4. The van der Waals surface area contributed by atoms with Crippen LogP contribution in [0.4, 0.5) is 41.2 Å². The van der Waals surface area contributed by atoms with E-state index in [2.05, 4.69) is 10.6 Å². The van der Waals surface area contributed by atoms with Gasteiger partial charge in [-0.3, -0.25) is 18.8 Å². The molecule has 2 aliphatic heterocycles. The fourth-order valence-electron chi connectivity index (χ4n) is 5.30. The standard InChI is InChI=1S/C27H27F7N4O6S/c1-3-37-22(40)24(2,36-23(37)41)14-35-21(39)13-18-8-4-15-12-16(25(42,26(29,30)31)27(32,33)34)5-11-20(15)38(18)45(43,44)19-9-6-17(28)7-10-19/h5-7,9-12,18,42H,3-4,8,13-14H2,1-2H3,(H,35,39)(H,36,41)/t18-,24?/m0/s1. The van der Waals surface area contributed by atoms with Gasteiger partial charge in [0.15, 0.2) is 0 Å². The number of halogens is 7. The number of imide groups is 1. The van der Waals surface area contributed by atoms with Crippen LogP contribution < -0.4 is 14.9 Å². The van der Waals surface area contributed by atoms with E-state index in [1.165, 1.54) is 6.92 Å². The average Bonchev–Trinajstić information content (AvgIpc) is 3.16. The lowest BCUT2D eigenvalue weighted by molar-refractivity contribution is -0.376. The van der Waals surface area contributed by atoms with E-state index in [0.717, 1.165) is 29.2 Å². The molecule has 4 rings (SSSR count). The Kier molecular flexibility index (Phi) is 8.64. The minimum absolute atomic E-state index is 0.0664. The third-order valence-electron chi connectivity index (χ3n) is 7.73. The van der Waals surface area contributed by atoms with Crippen molar-refractivity contribution < 1.29 is 58.6 Å². The van der Waals surface area contributed by atoms with Gasteiger partial charge in [-0.25, -0.2) is 17.6 Å². The van der Waals surface area contributed by atoms with Crippen molar-refractivity contribution in [1.82, 2.24) is 15.5 Å². The molecule has 0 spiro atoms. The smallest absolute Gasteiger partial charge is 0.369 e. The molecule has 1 saturated heterocycles. The van der Waals surface area contributed by atoms with Crippen molar-refractivity contribution in [3.8, 4) is 0 Å². The molecule has 45 heavy (non-hydrogen) atoms. The molecule has 1 unspecified atom stereocenters. The molecule has 0 aromatic heterocycles. The third-order valence-corrected chi connectivity index (χ3v) is 9.61. The molecule has 246 valence electrons. The van der Waals surface area contributed by atoms with Gasteiger partial charge in [0.2, 0.25) is 5.91 Å². The van der Waals surface area contributed by atoms with Crippen LogP contribution in [0.2, 0.25) is 0 Å². The van der Waals surface area contributed by atoms with Crippen LogP contribution >= 0.6 is 0 Å². The largest absolute Gasteiger partial charge is 0.430 e. The van der Waals surface area contributed by atoms with E-state index in [4.69, 9.17) is 0 Å². The first-order chi connectivity index (χ1) is 20.7. The molecule has 0 saturated carbocycles. The van der Waals surface area contributed by atoms with Crippen LogP contribution in [-0.2, 0) is 31.6 Å². The highest BCUT2D eigenvalue weighted by Crippen LogP contribution is 2.51. The maximum Gasteiger partial charge on any atom is 0.430 e. The number of anilines is 1. The van der Waals surface area contributed by atoms with E-state index in [0.29, 0.717) is 22.5 Å². The van der Waals surface area contributed by atoms with Gasteiger partial charge in [-0.15, -0.1) is 0 Å². The summed E-state index contributed by atoms with van der Waals surface area (Å²) >= 11 is 0. The Labute approximate surface area is 252 Å². The van der Waals surface area contributed by atoms with Gasteiger partial charge in [0, 0.05) is 25.1 Å². The summed E-state index contributed by atoms with van der Waals surface area (Å²) < 4.78 is 123. The zero-order valence-electron chi connectivity index (χ0n) is 23.6. The first kappa shape index (κ1) is 34.0. The van der Waals surface area contributed by atoms with Crippen LogP contribution in [-0.4, -0.2) is 73.3 Å². The number of sulfonamides is 1. The average molecular weight is 669 g/mol. The fraction of sp³-hybridized carbons (Fsp3) is 0.444. The normalized spacial score (nSPS) is 21.1. The van der Waals surface area contributed by atoms with Crippen LogP contribution in [0, 0.1) is 5.82 Å². The highest BCUT2D eigenvalue weighted by molar-refractivity contribution is 7.92. The quantitative estimate of drug-likeness (QED) is 0.291. The molecule has 1 fully saturated rings. The number of alkyl halides is 6. The number of hydrogen-bond acceptors (Lipinski definition) is 6. The van der Waals surface area contributed by atoms with Crippen molar-refractivity contribution in [2.45, 2.75) is 67.5 Å². The number of carbonyl (C=O) groups excluding carboxylic acids is 3. The Morgan fingerprint density at radius 1 is 1.07 bits per heavy atom. The molecular formula is C27H27F7N4O6S. The molecule has 2 aromatic rings. The van der Waals surface area contributed by atoms with Crippen molar-refractivity contribution in [2.24, 2.45) is 0 Å². The van der Waals surface area contributed by atoms with E-state index in [1.54, 1.807) is 6.92 Å². The Hall–Kier alpha value is -3.93. The van der Waals surface area contributed by atoms with E-state index < -0.39 is 80.1 Å². The zero-order chi connectivity index (χ0) is 33.8. The number of benzene rings is 2. The van der Waals surface area contributed by atoms with Crippen LogP contribution in [0.1, 0.15) is 37.8 Å². The van der Waals surface area contributed by atoms with Crippen molar-refractivity contribution in [2.75, 3.05) is 17.4 Å². The second-order valence-electron chi connectivity index (χ2n) is 10.8. The van der Waals surface area contributed by atoms with E-state index >= 15 is 0 Å². The highest BCUT2D eigenvalue weighted by Gasteiger charge is 2.71. The molecule has 0 aliphatic carbocycles. The van der Waals surface area contributed by atoms with Crippen molar-refractivity contribution in [3.63, 3.8) is 0 Å². The van der Waals surface area contributed by atoms with Crippen molar-refractivity contribution in [1.29, 1.82) is 0 Å². The van der Waals surface area contributed by atoms with Gasteiger partial charge >= 0.3 is 18.4 Å². The number of likely N-dealkylation sites (N-methyl/N-ethyl adjacent to an activating group) is 1. The number of carbonyl (C=O) groups is 3. The summed E-state index contributed by atoms with van der Waals surface area (Å²) in [5, 5.41) is 14.8. The SMILES string of the molecule is CCN1C(=O)NC(C)(CNC(=O)C[C@@H]2CCc3cc(C(O)(C(F)(F)F)C(F)(F)F)ccc3N2S(=O)(=O)c2ccc(F)cc2)C1=O. The van der Waals surface area contributed by atoms with Crippen LogP contribution in [0.3, 0.4) is 0 Å². The Balaban J connectivity index is 1.70. The number of aliphatic hydroxyl groups is 1.